The van der Waals surface area contributed by atoms with Crippen LogP contribution < -0.4 is 11.1 Å². The van der Waals surface area contributed by atoms with Gasteiger partial charge in [0.05, 0.1) is 0 Å². The first kappa shape index (κ1) is 12.3. The van der Waals surface area contributed by atoms with Crippen molar-refractivity contribution in [3.8, 4) is 5.75 Å². The van der Waals surface area contributed by atoms with Crippen LogP contribution in [0, 0.1) is 0 Å². The van der Waals surface area contributed by atoms with Crippen LogP contribution in [0.15, 0.2) is 24.3 Å². The van der Waals surface area contributed by atoms with E-state index in [1.807, 2.05) is 19.1 Å². The second kappa shape index (κ2) is 5.97. The average molecular weight is 224 g/mol. The topological polar surface area (TPSA) is 84.6 Å². The van der Waals surface area contributed by atoms with Crippen LogP contribution in [-0.4, -0.2) is 24.4 Å². The number of rotatable bonds is 5. The van der Waals surface area contributed by atoms with Gasteiger partial charge in [-0.1, -0.05) is 18.2 Å². The third kappa shape index (κ3) is 3.78. The predicted molar refractivity (Wildman–Crippen MR) is 60.1 cm³/mol. The van der Waals surface area contributed by atoms with Crippen LogP contribution >= 0.6 is 0 Å². The molecule has 0 spiro atoms. The summed E-state index contributed by atoms with van der Waals surface area (Å²) in [6.45, 7) is 2.62. The average Bonchev–Trinajstić information content (AvgIpc) is 2.24. The molecule has 88 valence electrons. The smallest absolute Gasteiger partial charge is 0.404 e. The molecule has 0 aliphatic carbocycles. The lowest BCUT2D eigenvalue weighted by atomic mass is 10.1. The number of phenols is 1. The standard InChI is InChI=1S/C11H16N2O3/c1-8(13-6-7-16-11(12)15)9-4-2-3-5-10(9)14/h2-5,8,13-14H,6-7H2,1H3,(H2,12,15). The number of amides is 1. The number of benzene rings is 1. The third-order valence-electron chi connectivity index (χ3n) is 2.20. The minimum atomic E-state index is -0.781. The molecule has 1 aromatic carbocycles. The van der Waals surface area contributed by atoms with Gasteiger partial charge in [-0.05, 0) is 13.0 Å². The number of nitrogens with one attached hydrogen (secondary N) is 1. The molecule has 1 rings (SSSR count). The molecule has 1 amide bonds. The van der Waals surface area contributed by atoms with Crippen LogP contribution in [0.5, 0.6) is 5.75 Å². The molecule has 4 N–H and O–H groups in total. The van der Waals surface area contributed by atoms with Crippen LogP contribution in [0.1, 0.15) is 18.5 Å². The molecule has 0 bridgehead atoms. The summed E-state index contributed by atoms with van der Waals surface area (Å²) in [6.07, 6.45) is -0.781. The Bertz CT molecular complexity index is 355. The highest BCUT2D eigenvalue weighted by Gasteiger charge is 2.08. The van der Waals surface area contributed by atoms with Gasteiger partial charge in [0.1, 0.15) is 12.4 Å². The molecule has 0 radical (unpaired) electrons. The number of primary amides is 1. The summed E-state index contributed by atoms with van der Waals surface area (Å²) in [5.41, 5.74) is 5.62. The molecule has 16 heavy (non-hydrogen) atoms. The van der Waals surface area contributed by atoms with Crippen molar-refractivity contribution in [2.24, 2.45) is 5.73 Å². The van der Waals surface area contributed by atoms with E-state index < -0.39 is 6.09 Å². The Balaban J connectivity index is 2.38. The van der Waals surface area contributed by atoms with E-state index in [4.69, 9.17) is 5.73 Å². The van der Waals surface area contributed by atoms with Crippen molar-refractivity contribution in [3.63, 3.8) is 0 Å². The summed E-state index contributed by atoms with van der Waals surface area (Å²) in [5.74, 6) is 0.248. The maximum atomic E-state index is 10.3. The van der Waals surface area contributed by atoms with Crippen LogP contribution in [0.25, 0.3) is 0 Å². The number of phenolic OH excluding ortho intramolecular Hbond substituents is 1. The number of carbonyl (C=O) groups is 1. The number of para-hydroxylation sites is 1. The van der Waals surface area contributed by atoms with E-state index in [9.17, 15) is 9.90 Å². The molecule has 0 aliphatic rings. The number of nitrogens with two attached hydrogens (primary N) is 1. The molecule has 5 nitrogen and oxygen atoms in total. The third-order valence-corrected chi connectivity index (χ3v) is 2.20. The monoisotopic (exact) mass is 224 g/mol. The molecule has 0 fully saturated rings. The molecule has 5 heteroatoms. The minimum Gasteiger partial charge on any atom is -0.508 e. The van der Waals surface area contributed by atoms with E-state index in [0.29, 0.717) is 6.54 Å². The van der Waals surface area contributed by atoms with Crippen LogP contribution in [0.2, 0.25) is 0 Å². The highest BCUT2D eigenvalue weighted by Crippen LogP contribution is 2.22. The van der Waals surface area contributed by atoms with Gasteiger partial charge in [0.25, 0.3) is 0 Å². The predicted octanol–water partition coefficient (Wildman–Crippen LogP) is 1.14. The van der Waals surface area contributed by atoms with E-state index in [2.05, 4.69) is 10.1 Å². The Hall–Kier alpha value is -1.75. The maximum Gasteiger partial charge on any atom is 0.404 e. The number of aromatic hydroxyl groups is 1. The summed E-state index contributed by atoms with van der Waals surface area (Å²) < 4.78 is 4.57. The second-order valence-corrected chi connectivity index (χ2v) is 3.40. The quantitative estimate of drug-likeness (QED) is 0.655. The zero-order valence-electron chi connectivity index (χ0n) is 9.14. The van der Waals surface area contributed by atoms with E-state index in [0.717, 1.165) is 5.56 Å². The van der Waals surface area contributed by atoms with Gasteiger partial charge < -0.3 is 20.9 Å². The number of ether oxygens (including phenoxy) is 1. The fourth-order valence-electron chi connectivity index (χ4n) is 1.39. The molecule has 0 aromatic heterocycles. The van der Waals surface area contributed by atoms with Gasteiger partial charge in [0, 0.05) is 18.2 Å². The number of hydrogen-bond donors (Lipinski definition) is 3. The summed E-state index contributed by atoms with van der Waals surface area (Å²) in [4.78, 5) is 10.3. The molecule has 1 unspecified atom stereocenters. The minimum absolute atomic E-state index is 0.0160. The Labute approximate surface area is 94.2 Å². The van der Waals surface area contributed by atoms with E-state index >= 15 is 0 Å². The summed E-state index contributed by atoms with van der Waals surface area (Å²) in [7, 11) is 0. The van der Waals surface area contributed by atoms with Crippen LogP contribution in [0.4, 0.5) is 4.79 Å². The first-order valence-corrected chi connectivity index (χ1v) is 5.04. The zero-order chi connectivity index (χ0) is 12.0. The Morgan fingerprint density at radius 2 is 2.25 bits per heavy atom. The summed E-state index contributed by atoms with van der Waals surface area (Å²) >= 11 is 0. The normalized spacial score (nSPS) is 12.1. The first-order chi connectivity index (χ1) is 7.61. The van der Waals surface area contributed by atoms with E-state index in [1.54, 1.807) is 12.1 Å². The second-order valence-electron chi connectivity index (χ2n) is 3.40. The lowest BCUT2D eigenvalue weighted by Gasteiger charge is -2.15. The van der Waals surface area contributed by atoms with Gasteiger partial charge in [-0.2, -0.15) is 0 Å². The molecular weight excluding hydrogens is 208 g/mol. The van der Waals surface area contributed by atoms with Gasteiger partial charge in [-0.15, -0.1) is 0 Å². The molecule has 0 heterocycles. The van der Waals surface area contributed by atoms with Gasteiger partial charge in [-0.3, -0.25) is 0 Å². The largest absolute Gasteiger partial charge is 0.508 e. The number of hydrogen-bond acceptors (Lipinski definition) is 4. The highest BCUT2D eigenvalue weighted by molar-refractivity contribution is 5.64. The van der Waals surface area contributed by atoms with Crippen molar-refractivity contribution in [1.82, 2.24) is 5.32 Å². The Kier molecular flexibility index (Phi) is 4.60. The van der Waals surface area contributed by atoms with Gasteiger partial charge in [-0.25, -0.2) is 4.79 Å². The van der Waals surface area contributed by atoms with Crippen LogP contribution in [0.3, 0.4) is 0 Å². The summed E-state index contributed by atoms with van der Waals surface area (Å²) in [6, 6.07) is 7.07. The molecule has 0 saturated heterocycles. The van der Waals surface area contributed by atoms with E-state index in [-0.39, 0.29) is 18.4 Å². The van der Waals surface area contributed by atoms with Crippen molar-refractivity contribution in [2.45, 2.75) is 13.0 Å². The number of carbonyl (C=O) groups excluding carboxylic acids is 1. The van der Waals surface area contributed by atoms with Crippen molar-refractivity contribution in [3.05, 3.63) is 29.8 Å². The van der Waals surface area contributed by atoms with Gasteiger partial charge >= 0.3 is 6.09 Å². The van der Waals surface area contributed by atoms with Gasteiger partial charge in [0.15, 0.2) is 0 Å². The highest BCUT2D eigenvalue weighted by atomic mass is 16.5. The lowest BCUT2D eigenvalue weighted by molar-refractivity contribution is 0.156. The van der Waals surface area contributed by atoms with Crippen LogP contribution in [-0.2, 0) is 4.74 Å². The SMILES string of the molecule is CC(NCCOC(N)=O)c1ccccc1O. The Morgan fingerprint density at radius 3 is 2.88 bits per heavy atom. The molecular formula is C11H16N2O3. The van der Waals surface area contributed by atoms with Crippen molar-refractivity contribution in [2.75, 3.05) is 13.2 Å². The molecule has 0 saturated carbocycles. The maximum absolute atomic E-state index is 10.3. The summed E-state index contributed by atoms with van der Waals surface area (Å²) in [5, 5.41) is 12.7. The lowest BCUT2D eigenvalue weighted by Crippen LogP contribution is -2.25. The van der Waals surface area contributed by atoms with Gasteiger partial charge in [0.2, 0.25) is 0 Å². The fourth-order valence-corrected chi connectivity index (χ4v) is 1.39. The van der Waals surface area contributed by atoms with Crippen molar-refractivity contribution >= 4 is 6.09 Å². The van der Waals surface area contributed by atoms with Crippen molar-refractivity contribution in [1.29, 1.82) is 0 Å². The zero-order valence-corrected chi connectivity index (χ0v) is 9.14. The fraction of sp³-hybridized carbons (Fsp3) is 0.364. The van der Waals surface area contributed by atoms with Crippen molar-refractivity contribution < 1.29 is 14.6 Å². The first-order valence-electron chi connectivity index (χ1n) is 5.04. The molecule has 0 aliphatic heterocycles. The molecule has 1 aromatic rings. The van der Waals surface area contributed by atoms with E-state index in [1.165, 1.54) is 0 Å². The Morgan fingerprint density at radius 1 is 1.56 bits per heavy atom. The molecule has 1 atom stereocenters.